The van der Waals surface area contributed by atoms with E-state index in [0.29, 0.717) is 36.4 Å². The van der Waals surface area contributed by atoms with Crippen LogP contribution in [-0.2, 0) is 0 Å². The van der Waals surface area contributed by atoms with Gasteiger partial charge in [-0.15, -0.1) is 0 Å². The van der Waals surface area contributed by atoms with Gasteiger partial charge in [0.1, 0.15) is 11.4 Å². The molecule has 0 spiro atoms. The number of nitrogens with zero attached hydrogens (tertiary/aromatic N) is 2. The van der Waals surface area contributed by atoms with E-state index in [9.17, 15) is 4.79 Å². The lowest BCUT2D eigenvalue weighted by molar-refractivity contribution is 0.111. The highest BCUT2D eigenvalue weighted by Crippen LogP contribution is 2.40. The maximum atomic E-state index is 10.9. The lowest BCUT2D eigenvalue weighted by Crippen LogP contribution is -2.06. The Bertz CT molecular complexity index is 402. The Labute approximate surface area is 93.8 Å². The number of aldehydes is 1. The average molecular weight is 222 g/mol. The molecule has 16 heavy (non-hydrogen) atoms. The standard InChI is InChI=1S/C11H14N2O3/c1-3-16-11-8(6-14)10(15-2)12-9(13-11)7-4-5-7/h6-7H,3-5H2,1-2H3. The van der Waals surface area contributed by atoms with Gasteiger partial charge in [0.05, 0.1) is 13.7 Å². The quantitative estimate of drug-likeness (QED) is 0.708. The van der Waals surface area contributed by atoms with Crippen LogP contribution in [0.4, 0.5) is 0 Å². The van der Waals surface area contributed by atoms with E-state index in [-0.39, 0.29) is 5.56 Å². The van der Waals surface area contributed by atoms with Crippen molar-refractivity contribution < 1.29 is 14.3 Å². The molecule has 0 N–H and O–H groups in total. The first-order valence-electron chi connectivity index (χ1n) is 5.34. The van der Waals surface area contributed by atoms with Crippen molar-refractivity contribution in [3.63, 3.8) is 0 Å². The molecule has 0 unspecified atom stereocenters. The van der Waals surface area contributed by atoms with Crippen molar-refractivity contribution >= 4 is 6.29 Å². The van der Waals surface area contributed by atoms with Crippen molar-refractivity contribution in [1.29, 1.82) is 0 Å². The van der Waals surface area contributed by atoms with Crippen LogP contribution in [-0.4, -0.2) is 30.0 Å². The summed E-state index contributed by atoms with van der Waals surface area (Å²) >= 11 is 0. The van der Waals surface area contributed by atoms with Crippen LogP contribution in [0.3, 0.4) is 0 Å². The molecule has 1 aliphatic carbocycles. The van der Waals surface area contributed by atoms with Gasteiger partial charge in [0.15, 0.2) is 6.29 Å². The molecule has 1 aliphatic rings. The lowest BCUT2D eigenvalue weighted by atomic mass is 10.3. The molecule has 0 amide bonds. The molecule has 0 atom stereocenters. The van der Waals surface area contributed by atoms with Gasteiger partial charge in [-0.3, -0.25) is 4.79 Å². The third kappa shape index (κ3) is 1.98. The van der Waals surface area contributed by atoms with Crippen LogP contribution in [0.15, 0.2) is 0 Å². The van der Waals surface area contributed by atoms with Crippen molar-refractivity contribution in [2.45, 2.75) is 25.7 Å². The number of rotatable bonds is 5. The van der Waals surface area contributed by atoms with Gasteiger partial charge < -0.3 is 9.47 Å². The highest BCUT2D eigenvalue weighted by Gasteiger charge is 2.29. The van der Waals surface area contributed by atoms with Crippen LogP contribution in [0.25, 0.3) is 0 Å². The summed E-state index contributed by atoms with van der Waals surface area (Å²) in [5, 5.41) is 0. The Kier molecular flexibility index (Phi) is 3.03. The van der Waals surface area contributed by atoms with Crippen molar-refractivity contribution in [3.05, 3.63) is 11.4 Å². The lowest BCUT2D eigenvalue weighted by Gasteiger charge is -2.10. The highest BCUT2D eigenvalue weighted by molar-refractivity contribution is 5.81. The molecule has 1 fully saturated rings. The summed E-state index contributed by atoms with van der Waals surface area (Å²) in [5.41, 5.74) is 0.286. The number of hydrogen-bond donors (Lipinski definition) is 0. The number of ether oxygens (including phenoxy) is 2. The van der Waals surface area contributed by atoms with E-state index in [1.54, 1.807) is 0 Å². The fourth-order valence-electron chi connectivity index (χ4n) is 1.47. The number of carbonyl (C=O) groups excluding carboxylic acids is 1. The molecule has 5 nitrogen and oxygen atoms in total. The molecular weight excluding hydrogens is 208 g/mol. The summed E-state index contributed by atoms with van der Waals surface area (Å²) in [6.07, 6.45) is 2.85. The number of carbonyl (C=O) groups is 1. The maximum Gasteiger partial charge on any atom is 0.231 e. The van der Waals surface area contributed by atoms with Crippen LogP contribution in [0.1, 0.15) is 41.9 Å². The van der Waals surface area contributed by atoms with Gasteiger partial charge in [-0.25, -0.2) is 0 Å². The second-order valence-electron chi connectivity index (χ2n) is 3.64. The fourth-order valence-corrected chi connectivity index (χ4v) is 1.47. The molecule has 1 aromatic heterocycles. The van der Waals surface area contributed by atoms with Crippen LogP contribution in [0.5, 0.6) is 11.8 Å². The smallest absolute Gasteiger partial charge is 0.231 e. The van der Waals surface area contributed by atoms with Crippen LogP contribution in [0.2, 0.25) is 0 Å². The molecule has 0 radical (unpaired) electrons. The molecule has 0 aromatic carbocycles. The second-order valence-corrected chi connectivity index (χ2v) is 3.64. The number of methoxy groups -OCH3 is 1. The minimum Gasteiger partial charge on any atom is -0.480 e. The van der Waals surface area contributed by atoms with Gasteiger partial charge in [-0.2, -0.15) is 9.97 Å². The zero-order valence-electron chi connectivity index (χ0n) is 9.40. The summed E-state index contributed by atoms with van der Waals surface area (Å²) in [5.74, 6) is 1.74. The van der Waals surface area contributed by atoms with Gasteiger partial charge in [0, 0.05) is 5.92 Å². The average Bonchev–Trinajstić information content (AvgIpc) is 3.12. The van der Waals surface area contributed by atoms with E-state index in [4.69, 9.17) is 9.47 Å². The third-order valence-electron chi connectivity index (χ3n) is 2.43. The Balaban J connectivity index is 2.44. The summed E-state index contributed by atoms with van der Waals surface area (Å²) < 4.78 is 10.4. The Morgan fingerprint density at radius 2 is 2.06 bits per heavy atom. The molecule has 2 rings (SSSR count). The van der Waals surface area contributed by atoms with E-state index in [1.807, 2.05) is 6.92 Å². The summed E-state index contributed by atoms with van der Waals surface area (Å²) in [6, 6.07) is 0. The monoisotopic (exact) mass is 222 g/mol. The first-order chi connectivity index (χ1) is 7.80. The number of aromatic nitrogens is 2. The Morgan fingerprint density at radius 1 is 1.38 bits per heavy atom. The van der Waals surface area contributed by atoms with Crippen LogP contribution >= 0.6 is 0 Å². The normalized spacial score (nSPS) is 14.6. The van der Waals surface area contributed by atoms with E-state index >= 15 is 0 Å². The maximum absolute atomic E-state index is 10.9. The largest absolute Gasteiger partial charge is 0.480 e. The first kappa shape index (κ1) is 10.9. The van der Waals surface area contributed by atoms with Gasteiger partial charge in [-0.1, -0.05) is 0 Å². The highest BCUT2D eigenvalue weighted by atomic mass is 16.5. The topological polar surface area (TPSA) is 61.3 Å². The van der Waals surface area contributed by atoms with Gasteiger partial charge in [0.2, 0.25) is 11.8 Å². The minimum atomic E-state index is 0.286. The molecule has 86 valence electrons. The molecule has 1 aromatic rings. The SMILES string of the molecule is CCOc1nc(C2CC2)nc(OC)c1C=O. The summed E-state index contributed by atoms with van der Waals surface area (Å²) in [6.45, 7) is 2.31. The predicted octanol–water partition coefficient (Wildman–Crippen LogP) is 1.57. The molecule has 1 heterocycles. The first-order valence-corrected chi connectivity index (χ1v) is 5.34. The minimum absolute atomic E-state index is 0.286. The summed E-state index contributed by atoms with van der Waals surface area (Å²) in [7, 11) is 1.49. The zero-order valence-corrected chi connectivity index (χ0v) is 9.40. The molecule has 0 saturated heterocycles. The van der Waals surface area contributed by atoms with E-state index in [2.05, 4.69) is 9.97 Å². The van der Waals surface area contributed by atoms with Crippen molar-refractivity contribution in [1.82, 2.24) is 9.97 Å². The van der Waals surface area contributed by atoms with E-state index in [1.165, 1.54) is 7.11 Å². The Hall–Kier alpha value is -1.65. The van der Waals surface area contributed by atoms with Crippen molar-refractivity contribution in [2.75, 3.05) is 13.7 Å². The molecule has 0 bridgehead atoms. The molecule has 5 heteroatoms. The predicted molar refractivity (Wildman–Crippen MR) is 57.1 cm³/mol. The zero-order chi connectivity index (χ0) is 11.5. The van der Waals surface area contributed by atoms with E-state index in [0.717, 1.165) is 12.8 Å². The Morgan fingerprint density at radius 3 is 2.56 bits per heavy atom. The third-order valence-corrected chi connectivity index (χ3v) is 2.43. The fraction of sp³-hybridized carbons (Fsp3) is 0.545. The second kappa shape index (κ2) is 4.47. The van der Waals surface area contributed by atoms with E-state index < -0.39 is 0 Å². The van der Waals surface area contributed by atoms with Crippen LogP contribution in [0, 0.1) is 0 Å². The molecule has 0 aliphatic heterocycles. The van der Waals surface area contributed by atoms with Crippen molar-refractivity contribution in [3.8, 4) is 11.8 Å². The van der Waals surface area contributed by atoms with Crippen LogP contribution < -0.4 is 9.47 Å². The molecular formula is C11H14N2O3. The van der Waals surface area contributed by atoms with Gasteiger partial charge in [0.25, 0.3) is 0 Å². The molecule has 1 saturated carbocycles. The summed E-state index contributed by atoms with van der Waals surface area (Å²) in [4.78, 5) is 19.4. The van der Waals surface area contributed by atoms with Gasteiger partial charge in [-0.05, 0) is 19.8 Å². The van der Waals surface area contributed by atoms with Gasteiger partial charge >= 0.3 is 0 Å². The number of hydrogen-bond acceptors (Lipinski definition) is 5. The van der Waals surface area contributed by atoms with Crippen molar-refractivity contribution in [2.24, 2.45) is 0 Å².